The Bertz CT molecular complexity index is 933. The average molecular weight is 364 g/mol. The molecule has 0 saturated heterocycles. The molecule has 1 unspecified atom stereocenters. The van der Waals surface area contributed by atoms with Crippen LogP contribution in [0.25, 0.3) is 11.4 Å². The molecule has 0 radical (unpaired) electrons. The molecular formula is C21H21FN4O. The number of aryl methyl sites for hydroxylation is 1. The van der Waals surface area contributed by atoms with E-state index >= 15 is 0 Å². The second-order valence-electron chi connectivity index (χ2n) is 6.63. The van der Waals surface area contributed by atoms with Crippen LogP contribution in [-0.2, 0) is 13.0 Å². The maximum atomic E-state index is 13.9. The smallest absolute Gasteiger partial charge is 0.165 e. The van der Waals surface area contributed by atoms with Gasteiger partial charge in [-0.15, -0.1) is 0 Å². The Morgan fingerprint density at radius 1 is 1.26 bits per heavy atom. The standard InChI is InChI=1S/C21H21FN4O/c1-27-20-8-7-14(10-17(20)22)11-24-18-5-2-6-19-16(18)13-25-21(26-19)15-4-3-9-23-12-15/h3-4,7-10,12-13,18,24H,2,5-6,11H2,1H3. The van der Waals surface area contributed by atoms with Gasteiger partial charge in [0, 0.05) is 48.0 Å². The first-order chi connectivity index (χ1) is 13.2. The van der Waals surface area contributed by atoms with Crippen molar-refractivity contribution in [2.45, 2.75) is 31.8 Å². The molecule has 1 atom stereocenters. The molecule has 3 aromatic rings. The van der Waals surface area contributed by atoms with E-state index in [1.54, 1.807) is 18.5 Å². The zero-order chi connectivity index (χ0) is 18.6. The molecule has 2 aromatic heterocycles. The minimum Gasteiger partial charge on any atom is -0.494 e. The van der Waals surface area contributed by atoms with E-state index in [4.69, 9.17) is 9.72 Å². The highest BCUT2D eigenvalue weighted by Crippen LogP contribution is 2.30. The molecule has 0 aliphatic heterocycles. The highest BCUT2D eigenvalue weighted by Gasteiger charge is 2.22. The van der Waals surface area contributed by atoms with Crippen LogP contribution in [0.4, 0.5) is 4.39 Å². The molecule has 1 aliphatic carbocycles. The number of rotatable bonds is 5. The number of nitrogens with zero attached hydrogens (tertiary/aromatic N) is 3. The summed E-state index contributed by atoms with van der Waals surface area (Å²) in [6, 6.07) is 9.06. The molecular weight excluding hydrogens is 343 g/mol. The predicted octanol–water partition coefficient (Wildman–Crippen LogP) is 3.85. The molecule has 4 rings (SSSR count). The van der Waals surface area contributed by atoms with Gasteiger partial charge >= 0.3 is 0 Å². The number of methoxy groups -OCH3 is 1. The van der Waals surface area contributed by atoms with E-state index in [1.165, 1.54) is 13.2 Å². The van der Waals surface area contributed by atoms with Gasteiger partial charge in [-0.1, -0.05) is 6.07 Å². The number of nitrogens with one attached hydrogen (secondary N) is 1. The van der Waals surface area contributed by atoms with Crippen LogP contribution >= 0.6 is 0 Å². The van der Waals surface area contributed by atoms with Crippen LogP contribution in [0.1, 0.15) is 35.7 Å². The van der Waals surface area contributed by atoms with Crippen molar-refractivity contribution >= 4 is 0 Å². The van der Waals surface area contributed by atoms with E-state index in [1.807, 2.05) is 24.4 Å². The number of halogens is 1. The number of hydrogen-bond acceptors (Lipinski definition) is 5. The lowest BCUT2D eigenvalue weighted by Crippen LogP contribution is -2.26. The Morgan fingerprint density at radius 2 is 2.19 bits per heavy atom. The lowest BCUT2D eigenvalue weighted by atomic mass is 9.92. The van der Waals surface area contributed by atoms with Crippen molar-refractivity contribution in [3.8, 4) is 17.1 Å². The van der Waals surface area contributed by atoms with Crippen LogP contribution in [0.5, 0.6) is 5.75 Å². The third-order valence-corrected chi connectivity index (χ3v) is 4.87. The molecule has 0 bridgehead atoms. The average Bonchev–Trinajstić information content (AvgIpc) is 2.72. The summed E-state index contributed by atoms with van der Waals surface area (Å²) in [4.78, 5) is 13.4. The Kier molecular flexibility index (Phi) is 5.07. The minimum atomic E-state index is -0.342. The van der Waals surface area contributed by atoms with Crippen molar-refractivity contribution in [2.24, 2.45) is 0 Å². The Labute approximate surface area is 157 Å². The zero-order valence-electron chi connectivity index (χ0n) is 15.2. The minimum absolute atomic E-state index is 0.168. The van der Waals surface area contributed by atoms with Crippen molar-refractivity contribution in [1.29, 1.82) is 0 Å². The van der Waals surface area contributed by atoms with E-state index in [-0.39, 0.29) is 17.6 Å². The first-order valence-corrected chi connectivity index (χ1v) is 9.06. The molecule has 1 N–H and O–H groups in total. The fourth-order valence-corrected chi connectivity index (χ4v) is 3.45. The first kappa shape index (κ1) is 17.5. The quantitative estimate of drug-likeness (QED) is 0.745. The van der Waals surface area contributed by atoms with Crippen LogP contribution in [0.15, 0.2) is 48.9 Å². The van der Waals surface area contributed by atoms with Crippen molar-refractivity contribution < 1.29 is 9.13 Å². The molecule has 6 heteroatoms. The molecule has 27 heavy (non-hydrogen) atoms. The number of fused-ring (bicyclic) bond motifs is 1. The summed E-state index contributed by atoms with van der Waals surface area (Å²) in [5, 5.41) is 3.52. The lowest BCUT2D eigenvalue weighted by Gasteiger charge is -2.26. The maximum absolute atomic E-state index is 13.9. The van der Waals surface area contributed by atoms with Gasteiger partial charge in [-0.3, -0.25) is 4.98 Å². The third kappa shape index (κ3) is 3.80. The summed E-state index contributed by atoms with van der Waals surface area (Å²) in [6.07, 6.45) is 8.45. The largest absolute Gasteiger partial charge is 0.494 e. The molecule has 5 nitrogen and oxygen atoms in total. The summed E-state index contributed by atoms with van der Waals surface area (Å²) in [5.41, 5.74) is 4.01. The van der Waals surface area contributed by atoms with Crippen LogP contribution < -0.4 is 10.1 Å². The predicted molar refractivity (Wildman–Crippen MR) is 101 cm³/mol. The third-order valence-electron chi connectivity index (χ3n) is 4.87. The number of ether oxygens (including phenoxy) is 1. The van der Waals surface area contributed by atoms with E-state index in [2.05, 4.69) is 15.3 Å². The number of pyridine rings is 1. The van der Waals surface area contributed by atoms with Gasteiger partial charge < -0.3 is 10.1 Å². The number of benzene rings is 1. The van der Waals surface area contributed by atoms with Gasteiger partial charge in [0.25, 0.3) is 0 Å². The van der Waals surface area contributed by atoms with Gasteiger partial charge in [0.05, 0.1) is 7.11 Å². The van der Waals surface area contributed by atoms with Crippen molar-refractivity contribution in [3.63, 3.8) is 0 Å². The van der Waals surface area contributed by atoms with E-state index in [9.17, 15) is 4.39 Å². The molecule has 0 amide bonds. The van der Waals surface area contributed by atoms with Gasteiger partial charge in [-0.25, -0.2) is 14.4 Å². The summed E-state index contributed by atoms with van der Waals surface area (Å²) in [6.45, 7) is 0.579. The monoisotopic (exact) mass is 364 g/mol. The number of aromatic nitrogens is 3. The second kappa shape index (κ2) is 7.80. The van der Waals surface area contributed by atoms with Crippen molar-refractivity contribution in [2.75, 3.05) is 7.11 Å². The van der Waals surface area contributed by atoms with Crippen molar-refractivity contribution in [3.05, 3.63) is 71.6 Å². The van der Waals surface area contributed by atoms with E-state index < -0.39 is 0 Å². The summed E-state index contributed by atoms with van der Waals surface area (Å²) in [5.74, 6) is 0.628. The van der Waals surface area contributed by atoms with Gasteiger partial charge in [0.15, 0.2) is 17.4 Å². The van der Waals surface area contributed by atoms with Gasteiger partial charge in [-0.2, -0.15) is 0 Å². The molecule has 0 saturated carbocycles. The number of hydrogen-bond donors (Lipinski definition) is 1. The van der Waals surface area contributed by atoms with Crippen molar-refractivity contribution in [1.82, 2.24) is 20.3 Å². The normalized spacial score (nSPS) is 16.0. The SMILES string of the molecule is COc1ccc(CNC2CCCc3nc(-c4cccnc4)ncc32)cc1F. The fraction of sp³-hybridized carbons (Fsp3) is 0.286. The molecule has 1 aromatic carbocycles. The maximum Gasteiger partial charge on any atom is 0.165 e. The topological polar surface area (TPSA) is 59.9 Å². The molecule has 138 valence electrons. The van der Waals surface area contributed by atoms with Gasteiger partial charge in [0.2, 0.25) is 0 Å². The molecule has 1 aliphatic rings. The van der Waals surface area contributed by atoms with E-state index in [0.29, 0.717) is 12.4 Å². The summed E-state index contributed by atoms with van der Waals surface area (Å²) >= 11 is 0. The lowest BCUT2D eigenvalue weighted by molar-refractivity contribution is 0.385. The second-order valence-corrected chi connectivity index (χ2v) is 6.63. The molecule has 2 heterocycles. The summed E-state index contributed by atoms with van der Waals surface area (Å²) < 4.78 is 18.9. The molecule has 0 fully saturated rings. The van der Waals surface area contributed by atoms with Crippen LogP contribution in [0.3, 0.4) is 0 Å². The Hall–Kier alpha value is -2.86. The van der Waals surface area contributed by atoms with Crippen LogP contribution in [0.2, 0.25) is 0 Å². The highest BCUT2D eigenvalue weighted by atomic mass is 19.1. The first-order valence-electron chi connectivity index (χ1n) is 9.06. The van der Waals surface area contributed by atoms with Crippen LogP contribution in [-0.4, -0.2) is 22.1 Å². The van der Waals surface area contributed by atoms with Gasteiger partial charge in [-0.05, 0) is 49.1 Å². The summed E-state index contributed by atoms with van der Waals surface area (Å²) in [7, 11) is 1.47. The van der Waals surface area contributed by atoms with Crippen LogP contribution in [0, 0.1) is 5.82 Å². The zero-order valence-corrected chi connectivity index (χ0v) is 15.2. The Morgan fingerprint density at radius 3 is 2.96 bits per heavy atom. The highest BCUT2D eigenvalue weighted by molar-refractivity contribution is 5.53. The Balaban J connectivity index is 1.51. The fourth-order valence-electron chi connectivity index (χ4n) is 3.45. The van der Waals surface area contributed by atoms with E-state index in [0.717, 1.165) is 41.6 Å². The van der Waals surface area contributed by atoms with Gasteiger partial charge in [0.1, 0.15) is 0 Å². The molecule has 0 spiro atoms.